The van der Waals surface area contributed by atoms with Gasteiger partial charge in [0.2, 0.25) is 0 Å². The summed E-state index contributed by atoms with van der Waals surface area (Å²) in [5, 5.41) is 3.10. The van der Waals surface area contributed by atoms with Crippen molar-refractivity contribution in [2.75, 3.05) is 0 Å². The van der Waals surface area contributed by atoms with E-state index in [1.165, 1.54) is 0 Å². The molecule has 0 saturated carbocycles. The number of para-hydroxylation sites is 1. The summed E-state index contributed by atoms with van der Waals surface area (Å²) in [4.78, 5) is 4.45. The van der Waals surface area contributed by atoms with Crippen LogP contribution in [0.5, 0.6) is 5.75 Å². The van der Waals surface area contributed by atoms with Crippen LogP contribution in [0, 0.1) is 0 Å². The zero-order chi connectivity index (χ0) is 11.4. The maximum absolute atomic E-state index is 5.68. The first-order valence-electron chi connectivity index (χ1n) is 5.10. The fourth-order valence-corrected chi connectivity index (χ4v) is 2.47. The second-order valence-electron chi connectivity index (χ2n) is 3.31. The number of hydrogen-bond acceptors (Lipinski definition) is 3. The molecule has 4 heteroatoms. The van der Waals surface area contributed by atoms with Gasteiger partial charge in [-0.15, -0.1) is 11.3 Å². The van der Waals surface area contributed by atoms with E-state index in [0.29, 0.717) is 6.61 Å². The molecule has 84 valence electrons. The Labute approximate surface area is 107 Å². The molecule has 0 amide bonds. The Balaban J connectivity index is 1.99. The highest BCUT2D eigenvalue weighted by molar-refractivity contribution is 9.10. The van der Waals surface area contributed by atoms with Crippen LogP contribution in [0.3, 0.4) is 0 Å². The summed E-state index contributed by atoms with van der Waals surface area (Å²) in [5.41, 5.74) is 1.13. The van der Waals surface area contributed by atoms with E-state index in [1.54, 1.807) is 11.3 Å². The number of benzene rings is 1. The smallest absolute Gasteiger partial charge is 0.140 e. The molecule has 1 heterocycles. The monoisotopic (exact) mass is 297 g/mol. The van der Waals surface area contributed by atoms with Crippen molar-refractivity contribution < 1.29 is 4.74 Å². The minimum absolute atomic E-state index is 0.535. The SMILES string of the molecule is CCc1csc(COc2ccccc2Br)n1. The summed E-state index contributed by atoms with van der Waals surface area (Å²) in [6.45, 7) is 2.64. The number of aromatic nitrogens is 1. The molecule has 16 heavy (non-hydrogen) atoms. The van der Waals surface area contributed by atoms with Crippen molar-refractivity contribution in [2.45, 2.75) is 20.0 Å². The van der Waals surface area contributed by atoms with Gasteiger partial charge in [0.25, 0.3) is 0 Å². The highest BCUT2D eigenvalue weighted by atomic mass is 79.9. The molecular weight excluding hydrogens is 286 g/mol. The van der Waals surface area contributed by atoms with E-state index in [2.05, 4.69) is 33.2 Å². The summed E-state index contributed by atoms with van der Waals surface area (Å²) in [5.74, 6) is 0.857. The van der Waals surface area contributed by atoms with Crippen molar-refractivity contribution in [2.24, 2.45) is 0 Å². The Morgan fingerprint density at radius 3 is 2.88 bits per heavy atom. The molecule has 0 unspecified atom stereocenters. The summed E-state index contributed by atoms with van der Waals surface area (Å²) in [6, 6.07) is 7.84. The lowest BCUT2D eigenvalue weighted by Gasteiger charge is -2.05. The molecule has 1 aromatic carbocycles. The van der Waals surface area contributed by atoms with Crippen molar-refractivity contribution in [3.63, 3.8) is 0 Å². The van der Waals surface area contributed by atoms with Gasteiger partial charge in [-0.2, -0.15) is 0 Å². The molecule has 0 spiro atoms. The lowest BCUT2D eigenvalue weighted by atomic mass is 10.3. The van der Waals surface area contributed by atoms with Gasteiger partial charge < -0.3 is 4.74 Å². The standard InChI is InChI=1S/C12H12BrNOS/c1-2-9-8-16-12(14-9)7-15-11-6-4-3-5-10(11)13/h3-6,8H,2,7H2,1H3. The fraction of sp³-hybridized carbons (Fsp3) is 0.250. The molecule has 0 fully saturated rings. The third-order valence-corrected chi connectivity index (χ3v) is 3.68. The number of halogens is 1. The zero-order valence-electron chi connectivity index (χ0n) is 8.94. The van der Waals surface area contributed by atoms with Gasteiger partial charge >= 0.3 is 0 Å². The van der Waals surface area contributed by atoms with E-state index in [4.69, 9.17) is 4.74 Å². The van der Waals surface area contributed by atoms with Gasteiger partial charge in [-0.05, 0) is 34.5 Å². The number of ether oxygens (including phenoxy) is 1. The first kappa shape index (κ1) is 11.6. The number of thiazole rings is 1. The van der Waals surface area contributed by atoms with Gasteiger partial charge in [0.15, 0.2) is 0 Å². The van der Waals surface area contributed by atoms with E-state index in [9.17, 15) is 0 Å². The van der Waals surface area contributed by atoms with Crippen molar-refractivity contribution in [1.29, 1.82) is 0 Å². The fourth-order valence-electron chi connectivity index (χ4n) is 1.28. The molecular formula is C12H12BrNOS. The molecule has 2 rings (SSSR count). The summed E-state index contributed by atoms with van der Waals surface area (Å²) in [7, 11) is 0. The quantitative estimate of drug-likeness (QED) is 0.849. The molecule has 0 atom stereocenters. The first-order valence-corrected chi connectivity index (χ1v) is 6.77. The van der Waals surface area contributed by atoms with Crippen LogP contribution < -0.4 is 4.74 Å². The van der Waals surface area contributed by atoms with Crippen LogP contribution >= 0.6 is 27.3 Å². The van der Waals surface area contributed by atoms with Crippen LogP contribution in [0.25, 0.3) is 0 Å². The Bertz CT molecular complexity index is 470. The van der Waals surface area contributed by atoms with E-state index in [0.717, 1.165) is 27.3 Å². The van der Waals surface area contributed by atoms with Gasteiger partial charge in [0.1, 0.15) is 17.4 Å². The Morgan fingerprint density at radius 2 is 2.19 bits per heavy atom. The van der Waals surface area contributed by atoms with Crippen molar-refractivity contribution >= 4 is 27.3 Å². The Morgan fingerprint density at radius 1 is 1.38 bits per heavy atom. The van der Waals surface area contributed by atoms with Gasteiger partial charge in [-0.1, -0.05) is 19.1 Å². The maximum Gasteiger partial charge on any atom is 0.140 e. The molecule has 0 bridgehead atoms. The lowest BCUT2D eigenvalue weighted by molar-refractivity contribution is 0.303. The molecule has 0 aliphatic rings. The average molecular weight is 298 g/mol. The van der Waals surface area contributed by atoms with Crippen LogP contribution in [-0.4, -0.2) is 4.98 Å². The summed E-state index contributed by atoms with van der Waals surface area (Å²) in [6.07, 6.45) is 0.978. The molecule has 0 radical (unpaired) electrons. The highest BCUT2D eigenvalue weighted by Crippen LogP contribution is 2.25. The second-order valence-corrected chi connectivity index (χ2v) is 5.10. The molecule has 0 aliphatic carbocycles. The summed E-state index contributed by atoms with van der Waals surface area (Å²) < 4.78 is 6.66. The number of nitrogens with zero attached hydrogens (tertiary/aromatic N) is 1. The van der Waals surface area contributed by atoms with E-state index in [-0.39, 0.29) is 0 Å². The predicted molar refractivity (Wildman–Crippen MR) is 70.0 cm³/mol. The molecule has 2 nitrogen and oxygen atoms in total. The Hall–Kier alpha value is -0.870. The van der Waals surface area contributed by atoms with Crippen LogP contribution in [-0.2, 0) is 13.0 Å². The molecule has 2 aromatic rings. The van der Waals surface area contributed by atoms with Gasteiger partial charge in [-0.25, -0.2) is 4.98 Å². The second kappa shape index (κ2) is 5.46. The van der Waals surface area contributed by atoms with E-state index in [1.807, 2.05) is 24.3 Å². The average Bonchev–Trinajstić information content (AvgIpc) is 2.76. The lowest BCUT2D eigenvalue weighted by Crippen LogP contribution is -1.95. The van der Waals surface area contributed by atoms with E-state index < -0.39 is 0 Å². The predicted octanol–water partition coefficient (Wildman–Crippen LogP) is 4.05. The third-order valence-electron chi connectivity index (χ3n) is 2.15. The Kier molecular flexibility index (Phi) is 3.96. The zero-order valence-corrected chi connectivity index (χ0v) is 11.3. The molecule has 1 aromatic heterocycles. The van der Waals surface area contributed by atoms with Gasteiger partial charge in [0.05, 0.1) is 10.2 Å². The number of hydrogen-bond donors (Lipinski definition) is 0. The van der Waals surface area contributed by atoms with Gasteiger partial charge in [-0.3, -0.25) is 0 Å². The topological polar surface area (TPSA) is 22.1 Å². The highest BCUT2D eigenvalue weighted by Gasteiger charge is 2.03. The minimum atomic E-state index is 0.535. The number of rotatable bonds is 4. The van der Waals surface area contributed by atoms with Crippen LogP contribution in [0.2, 0.25) is 0 Å². The van der Waals surface area contributed by atoms with E-state index >= 15 is 0 Å². The minimum Gasteiger partial charge on any atom is -0.485 e. The van der Waals surface area contributed by atoms with Crippen LogP contribution in [0.15, 0.2) is 34.1 Å². The number of aryl methyl sites for hydroxylation is 1. The van der Waals surface area contributed by atoms with Crippen LogP contribution in [0.4, 0.5) is 0 Å². The largest absolute Gasteiger partial charge is 0.485 e. The normalized spacial score (nSPS) is 10.4. The molecule has 0 saturated heterocycles. The van der Waals surface area contributed by atoms with Crippen molar-refractivity contribution in [3.05, 3.63) is 44.8 Å². The first-order chi connectivity index (χ1) is 7.79. The summed E-state index contributed by atoms with van der Waals surface area (Å²) >= 11 is 5.09. The van der Waals surface area contributed by atoms with Crippen molar-refractivity contribution in [3.8, 4) is 5.75 Å². The van der Waals surface area contributed by atoms with Crippen LogP contribution in [0.1, 0.15) is 17.6 Å². The van der Waals surface area contributed by atoms with Gasteiger partial charge in [0, 0.05) is 5.38 Å². The molecule has 0 N–H and O–H groups in total. The molecule has 0 aliphatic heterocycles. The van der Waals surface area contributed by atoms with Crippen molar-refractivity contribution in [1.82, 2.24) is 4.98 Å². The maximum atomic E-state index is 5.68. The third kappa shape index (κ3) is 2.83.